The van der Waals surface area contributed by atoms with Crippen LogP contribution in [-0.4, -0.2) is 14.5 Å². The first-order valence-electron chi connectivity index (χ1n) is 24.7. The van der Waals surface area contributed by atoms with Crippen LogP contribution in [0.1, 0.15) is 118 Å². The van der Waals surface area contributed by atoms with Crippen LogP contribution in [0.2, 0.25) is 0 Å². The number of pyridine rings is 1. The third-order valence-electron chi connectivity index (χ3n) is 11.0. The van der Waals surface area contributed by atoms with Gasteiger partial charge in [-0.15, -0.1) is 53.6 Å². The third-order valence-corrected chi connectivity index (χ3v) is 11.0. The SMILES string of the molecule is [2H]C(C)(C)c1cccc(C([2H])(C)C)c1-n1c(-c2[c-]ccc3c2oc2cc(-c4ccc(C([2H])([2H])C(C)(C)C)cc4)ccc23)nc2ccccc21.[2H]C([2H])([2H])c1c[c-]c(-c2ccc(C(C)(C)C)cn2)cc1.[Ir]. The zero-order valence-electron chi connectivity index (χ0n) is 44.8. The smallest absolute Gasteiger partial charge is 0.121 e. The van der Waals surface area contributed by atoms with Gasteiger partial charge in [-0.25, -0.2) is 0 Å². The number of nitrogens with zero attached hydrogens (tertiary/aromatic N) is 3. The fourth-order valence-electron chi connectivity index (χ4n) is 7.86. The van der Waals surface area contributed by atoms with Crippen LogP contribution in [0.5, 0.6) is 0 Å². The number of hydrogen-bond donors (Lipinski definition) is 0. The minimum Gasteiger partial charge on any atom is -0.501 e. The molecular formula is C58H59IrN3O-2. The van der Waals surface area contributed by atoms with Crippen molar-refractivity contribution in [3.05, 3.63) is 174 Å². The molecule has 323 valence electrons. The normalized spacial score (nSPS) is 14.3. The summed E-state index contributed by atoms with van der Waals surface area (Å²) in [7, 11) is 0. The minimum absolute atomic E-state index is 0. The fraction of sp³-hybridized carbons (Fsp3) is 0.276. The second-order valence-corrected chi connectivity index (χ2v) is 18.5. The average molecular weight is 1010 g/mol. The van der Waals surface area contributed by atoms with Crippen molar-refractivity contribution >= 4 is 33.0 Å². The quantitative estimate of drug-likeness (QED) is 0.149. The molecule has 0 unspecified atom stereocenters. The second kappa shape index (κ2) is 18.2. The third kappa shape index (κ3) is 9.66. The number of aromatic nitrogens is 3. The van der Waals surface area contributed by atoms with Gasteiger partial charge in [-0.1, -0.05) is 166 Å². The first kappa shape index (κ1) is 36.8. The molecule has 0 spiro atoms. The summed E-state index contributed by atoms with van der Waals surface area (Å²) in [5.74, 6) is -1.26. The molecule has 0 fully saturated rings. The Bertz CT molecular complexity index is 3220. The minimum atomic E-state index is -2.08. The first-order chi connectivity index (χ1) is 32.1. The van der Waals surface area contributed by atoms with Gasteiger partial charge in [-0.05, 0) is 86.3 Å². The van der Waals surface area contributed by atoms with Crippen molar-refractivity contribution in [1.82, 2.24) is 14.5 Å². The molecule has 0 aliphatic heterocycles. The van der Waals surface area contributed by atoms with Crippen molar-refractivity contribution in [1.29, 1.82) is 0 Å². The molecule has 3 heterocycles. The van der Waals surface area contributed by atoms with E-state index in [9.17, 15) is 0 Å². The van der Waals surface area contributed by atoms with Gasteiger partial charge in [0, 0.05) is 47.0 Å². The van der Waals surface area contributed by atoms with Crippen LogP contribution in [0.4, 0.5) is 0 Å². The standard InChI is InChI=1S/C42H41N2O.C16H18N.Ir/c1-26(2)31-12-10-13-32(27(3)4)39(31)44-37-17-9-8-16-36(37)43-41(44)35-15-11-14-34-33-23-22-30(24-38(33)45-40(34)35)29-20-18-28(19-21-29)25-42(5,6)7;1-12-5-7-13(8-6-12)15-10-9-14(11-17-15)16(2,3)4;/h8-14,16-24,26-27H,25H2,1-7H3;5-7,9-11H,1-4H3;/q2*-1;/i25D2,26D,27D;1D3;. The molecule has 4 nitrogen and oxygen atoms in total. The average Bonchev–Trinajstić information content (AvgIpc) is 3.86. The molecule has 3 aromatic heterocycles. The molecule has 0 aliphatic carbocycles. The van der Waals surface area contributed by atoms with Gasteiger partial charge in [0.2, 0.25) is 0 Å². The summed E-state index contributed by atoms with van der Waals surface area (Å²) in [5, 5.41) is 1.91. The van der Waals surface area contributed by atoms with Gasteiger partial charge in [-0.2, -0.15) is 0 Å². The van der Waals surface area contributed by atoms with Gasteiger partial charge in [0.25, 0.3) is 0 Å². The van der Waals surface area contributed by atoms with E-state index in [4.69, 9.17) is 19.0 Å². The van der Waals surface area contributed by atoms with E-state index in [0.29, 0.717) is 28.1 Å². The monoisotopic (exact) mass is 1010 g/mol. The second-order valence-electron chi connectivity index (χ2n) is 18.5. The Morgan fingerprint density at radius 3 is 2.10 bits per heavy atom. The molecule has 5 heteroatoms. The number of aryl methyl sites for hydroxylation is 1. The Balaban J connectivity index is 0.000000289. The van der Waals surface area contributed by atoms with Crippen LogP contribution in [0.25, 0.3) is 72.4 Å². The van der Waals surface area contributed by atoms with Crippen molar-refractivity contribution in [2.24, 2.45) is 5.41 Å². The topological polar surface area (TPSA) is 43.9 Å². The Hall–Kier alpha value is -5.61. The van der Waals surface area contributed by atoms with Crippen LogP contribution in [-0.2, 0) is 31.9 Å². The van der Waals surface area contributed by atoms with E-state index < -0.39 is 30.4 Å². The maximum absolute atomic E-state index is 9.13. The molecule has 0 atom stereocenters. The van der Waals surface area contributed by atoms with Gasteiger partial charge < -0.3 is 14.0 Å². The molecule has 6 aromatic carbocycles. The van der Waals surface area contributed by atoms with Gasteiger partial charge in [0.15, 0.2) is 0 Å². The van der Waals surface area contributed by atoms with Crippen molar-refractivity contribution in [2.45, 2.75) is 99.7 Å². The summed E-state index contributed by atoms with van der Waals surface area (Å²) in [4.78, 5) is 9.59. The van der Waals surface area contributed by atoms with E-state index in [1.54, 1.807) is 12.1 Å². The Kier molecular flexibility index (Phi) is 10.7. The summed E-state index contributed by atoms with van der Waals surface area (Å²) in [5.41, 5.74) is 11.4. The summed E-state index contributed by atoms with van der Waals surface area (Å²) in [6.07, 6.45) is 0.395. The molecule has 63 heavy (non-hydrogen) atoms. The molecule has 9 rings (SSSR count). The molecule has 0 N–H and O–H groups in total. The first-order valence-corrected chi connectivity index (χ1v) is 21.2. The maximum Gasteiger partial charge on any atom is 0.121 e. The molecule has 0 aliphatic rings. The maximum atomic E-state index is 9.13. The Morgan fingerprint density at radius 2 is 1.48 bits per heavy atom. The molecular weight excluding hydrogens is 947 g/mol. The van der Waals surface area contributed by atoms with Gasteiger partial charge in [-0.3, -0.25) is 4.98 Å². The van der Waals surface area contributed by atoms with E-state index >= 15 is 0 Å². The van der Waals surface area contributed by atoms with E-state index in [2.05, 4.69) is 54.6 Å². The number of benzene rings is 6. The predicted octanol–water partition coefficient (Wildman–Crippen LogP) is 16.0. The van der Waals surface area contributed by atoms with Crippen LogP contribution < -0.4 is 0 Å². The number of fused-ring (bicyclic) bond motifs is 4. The number of imidazole rings is 1. The summed E-state index contributed by atoms with van der Waals surface area (Å²) in [6, 6.07) is 47.0. The van der Waals surface area contributed by atoms with Gasteiger partial charge in [0.1, 0.15) is 5.58 Å². The van der Waals surface area contributed by atoms with E-state index in [1.807, 2.05) is 152 Å². The van der Waals surface area contributed by atoms with Crippen molar-refractivity contribution < 1.29 is 34.1 Å². The van der Waals surface area contributed by atoms with E-state index in [1.165, 1.54) is 11.6 Å². The van der Waals surface area contributed by atoms with Gasteiger partial charge >= 0.3 is 0 Å². The van der Waals surface area contributed by atoms with Crippen LogP contribution >= 0.6 is 0 Å². The van der Waals surface area contributed by atoms with Gasteiger partial charge in [0.05, 0.1) is 22.4 Å². The zero-order chi connectivity index (χ0) is 50.1. The largest absolute Gasteiger partial charge is 0.501 e. The molecule has 0 saturated carbocycles. The molecule has 0 amide bonds. The summed E-state index contributed by atoms with van der Waals surface area (Å²) in [6.45, 7) is 17.6. The number of furan rings is 1. The van der Waals surface area contributed by atoms with Crippen LogP contribution in [0.3, 0.4) is 0 Å². The van der Waals surface area contributed by atoms with E-state index in [-0.39, 0.29) is 25.5 Å². The fourth-order valence-corrected chi connectivity index (χ4v) is 7.86. The van der Waals surface area contributed by atoms with Crippen molar-refractivity contribution in [2.75, 3.05) is 0 Å². The van der Waals surface area contributed by atoms with Crippen molar-refractivity contribution in [3.8, 4) is 39.5 Å². The summed E-state index contributed by atoms with van der Waals surface area (Å²) >= 11 is 0. The Morgan fingerprint density at radius 1 is 0.762 bits per heavy atom. The number of hydrogen-bond acceptors (Lipinski definition) is 3. The molecule has 1 radical (unpaired) electrons. The molecule has 9 aromatic rings. The predicted molar refractivity (Wildman–Crippen MR) is 261 cm³/mol. The summed E-state index contributed by atoms with van der Waals surface area (Å²) < 4.78 is 66.4. The Labute approximate surface area is 398 Å². The molecule has 0 bridgehead atoms. The zero-order valence-corrected chi connectivity index (χ0v) is 40.2. The number of rotatable bonds is 7. The van der Waals surface area contributed by atoms with Crippen LogP contribution in [0, 0.1) is 24.4 Å². The number of para-hydroxylation sites is 3. The van der Waals surface area contributed by atoms with Crippen molar-refractivity contribution in [3.63, 3.8) is 0 Å². The van der Waals surface area contributed by atoms with E-state index in [0.717, 1.165) is 66.6 Å². The molecule has 0 saturated heterocycles. The van der Waals surface area contributed by atoms with Crippen LogP contribution in [0.15, 0.2) is 138 Å².